The number of likely N-dealkylation sites (tertiary alicyclic amines) is 1. The van der Waals surface area contributed by atoms with Crippen LogP contribution in [0.3, 0.4) is 0 Å². The topological polar surface area (TPSA) is 55.2 Å². The van der Waals surface area contributed by atoms with Crippen LogP contribution in [0.5, 0.6) is 0 Å². The Kier molecular flexibility index (Phi) is 5.98. The van der Waals surface area contributed by atoms with Crippen LogP contribution in [-0.4, -0.2) is 39.5 Å². The van der Waals surface area contributed by atoms with Crippen molar-refractivity contribution >= 4 is 11.7 Å². The molecule has 4 rings (SSSR count). The van der Waals surface area contributed by atoms with Crippen LogP contribution >= 0.6 is 0 Å². The molecule has 0 N–H and O–H groups in total. The van der Waals surface area contributed by atoms with Crippen LogP contribution in [0, 0.1) is 11.7 Å². The molecule has 2 heterocycles. The number of aromatic nitrogens is 2. The third-order valence-corrected chi connectivity index (χ3v) is 5.80. The number of Topliss-reactive ketones (excluding diaryl/α,β-unsaturated/α-hetero) is 1. The van der Waals surface area contributed by atoms with Crippen molar-refractivity contribution in [2.24, 2.45) is 5.92 Å². The molecule has 31 heavy (non-hydrogen) atoms. The first-order valence-corrected chi connectivity index (χ1v) is 10.7. The number of halogens is 1. The predicted octanol–water partition coefficient (Wildman–Crippen LogP) is 5.01. The second kappa shape index (κ2) is 8.84. The number of hydrogen-bond donors (Lipinski definition) is 0. The first kappa shape index (κ1) is 21.0. The zero-order valence-electron chi connectivity index (χ0n) is 17.8. The van der Waals surface area contributed by atoms with E-state index in [4.69, 9.17) is 0 Å². The average molecular weight is 420 g/mol. The predicted molar refractivity (Wildman–Crippen MR) is 117 cm³/mol. The SMILES string of the molecule is CC(C)n1cc(C(=O)N2CCC[C@H](C(=O)c3ccc(-c4ccccc4)c(F)c3)C2)cn1. The zero-order chi connectivity index (χ0) is 22.0. The summed E-state index contributed by atoms with van der Waals surface area (Å²) in [5.74, 6) is -0.981. The molecule has 1 atom stereocenters. The highest BCUT2D eigenvalue weighted by Crippen LogP contribution is 2.27. The number of ketones is 1. The first-order chi connectivity index (χ1) is 14.9. The summed E-state index contributed by atoms with van der Waals surface area (Å²) in [5, 5.41) is 4.24. The monoisotopic (exact) mass is 419 g/mol. The van der Waals surface area contributed by atoms with E-state index in [1.54, 1.807) is 34.1 Å². The fourth-order valence-electron chi connectivity index (χ4n) is 4.04. The van der Waals surface area contributed by atoms with Gasteiger partial charge in [0.05, 0.1) is 11.8 Å². The molecule has 6 heteroatoms. The molecule has 2 aromatic carbocycles. The molecule has 0 unspecified atom stereocenters. The Labute approximate surface area is 181 Å². The first-order valence-electron chi connectivity index (χ1n) is 10.7. The molecule has 0 aliphatic carbocycles. The Hall–Kier alpha value is -3.28. The van der Waals surface area contributed by atoms with E-state index in [0.29, 0.717) is 36.2 Å². The van der Waals surface area contributed by atoms with Crippen LogP contribution in [0.15, 0.2) is 60.9 Å². The fraction of sp³-hybridized carbons (Fsp3) is 0.320. The van der Waals surface area contributed by atoms with Gasteiger partial charge < -0.3 is 4.90 Å². The molecule has 160 valence electrons. The van der Waals surface area contributed by atoms with Gasteiger partial charge in [-0.05, 0) is 38.3 Å². The van der Waals surface area contributed by atoms with E-state index >= 15 is 0 Å². The third kappa shape index (κ3) is 4.43. The van der Waals surface area contributed by atoms with Gasteiger partial charge in [-0.2, -0.15) is 5.10 Å². The Morgan fingerprint density at radius 1 is 1.10 bits per heavy atom. The minimum absolute atomic E-state index is 0.116. The summed E-state index contributed by atoms with van der Waals surface area (Å²) < 4.78 is 16.5. The van der Waals surface area contributed by atoms with Crippen molar-refractivity contribution in [2.75, 3.05) is 13.1 Å². The summed E-state index contributed by atoms with van der Waals surface area (Å²) in [6.07, 6.45) is 4.75. The van der Waals surface area contributed by atoms with E-state index in [1.807, 2.05) is 44.2 Å². The highest BCUT2D eigenvalue weighted by atomic mass is 19.1. The molecule has 1 saturated heterocycles. The maximum atomic E-state index is 14.7. The van der Waals surface area contributed by atoms with Gasteiger partial charge in [0.1, 0.15) is 5.82 Å². The van der Waals surface area contributed by atoms with Gasteiger partial charge in [0.15, 0.2) is 5.78 Å². The summed E-state index contributed by atoms with van der Waals surface area (Å²) in [6, 6.07) is 14.1. The van der Waals surface area contributed by atoms with E-state index in [-0.39, 0.29) is 23.7 Å². The largest absolute Gasteiger partial charge is 0.338 e. The highest BCUT2D eigenvalue weighted by Gasteiger charge is 2.30. The number of carbonyl (C=O) groups is 2. The van der Waals surface area contributed by atoms with Gasteiger partial charge in [-0.1, -0.05) is 42.5 Å². The van der Waals surface area contributed by atoms with Crippen molar-refractivity contribution in [3.8, 4) is 11.1 Å². The van der Waals surface area contributed by atoms with E-state index < -0.39 is 5.82 Å². The van der Waals surface area contributed by atoms with E-state index in [9.17, 15) is 14.0 Å². The molecular weight excluding hydrogens is 393 g/mol. The lowest BCUT2D eigenvalue weighted by Crippen LogP contribution is -2.42. The van der Waals surface area contributed by atoms with Crippen molar-refractivity contribution in [3.63, 3.8) is 0 Å². The Bertz CT molecular complexity index is 1090. The van der Waals surface area contributed by atoms with Crippen LogP contribution in [-0.2, 0) is 0 Å². The number of nitrogens with zero attached hydrogens (tertiary/aromatic N) is 3. The van der Waals surface area contributed by atoms with Crippen molar-refractivity contribution < 1.29 is 14.0 Å². The van der Waals surface area contributed by atoms with Crippen LogP contribution in [0.2, 0.25) is 0 Å². The van der Waals surface area contributed by atoms with Gasteiger partial charge in [-0.25, -0.2) is 4.39 Å². The Morgan fingerprint density at radius 2 is 1.87 bits per heavy atom. The van der Waals surface area contributed by atoms with Gasteiger partial charge in [-0.3, -0.25) is 14.3 Å². The fourth-order valence-corrected chi connectivity index (χ4v) is 4.04. The lowest BCUT2D eigenvalue weighted by atomic mass is 9.89. The second-order valence-electron chi connectivity index (χ2n) is 8.32. The molecule has 0 radical (unpaired) electrons. The molecule has 3 aromatic rings. The summed E-state index contributed by atoms with van der Waals surface area (Å²) in [7, 11) is 0. The van der Waals surface area contributed by atoms with Crippen LogP contribution in [0.4, 0.5) is 4.39 Å². The number of benzene rings is 2. The Morgan fingerprint density at radius 3 is 2.55 bits per heavy atom. The molecule has 0 spiro atoms. The number of amides is 1. The lowest BCUT2D eigenvalue weighted by molar-refractivity contribution is 0.0636. The molecule has 1 aromatic heterocycles. The molecule has 0 saturated carbocycles. The Balaban J connectivity index is 1.48. The summed E-state index contributed by atoms with van der Waals surface area (Å²) in [6.45, 7) is 4.95. The summed E-state index contributed by atoms with van der Waals surface area (Å²) in [5.41, 5.74) is 2.12. The highest BCUT2D eigenvalue weighted by molar-refractivity contribution is 5.99. The number of carbonyl (C=O) groups excluding carboxylic acids is 2. The normalized spacial score (nSPS) is 16.5. The van der Waals surface area contributed by atoms with Crippen molar-refractivity contribution in [1.29, 1.82) is 0 Å². The molecule has 0 bridgehead atoms. The third-order valence-electron chi connectivity index (χ3n) is 5.80. The van der Waals surface area contributed by atoms with Gasteiger partial charge in [0.2, 0.25) is 0 Å². The maximum Gasteiger partial charge on any atom is 0.257 e. The van der Waals surface area contributed by atoms with Crippen LogP contribution in [0.1, 0.15) is 53.4 Å². The quantitative estimate of drug-likeness (QED) is 0.547. The van der Waals surface area contributed by atoms with E-state index in [2.05, 4.69) is 5.10 Å². The number of rotatable bonds is 5. The number of piperidine rings is 1. The minimum atomic E-state index is -0.415. The number of hydrogen-bond acceptors (Lipinski definition) is 3. The van der Waals surface area contributed by atoms with E-state index in [0.717, 1.165) is 12.0 Å². The lowest BCUT2D eigenvalue weighted by Gasteiger charge is -2.32. The van der Waals surface area contributed by atoms with Gasteiger partial charge in [0, 0.05) is 42.4 Å². The second-order valence-corrected chi connectivity index (χ2v) is 8.32. The average Bonchev–Trinajstić information content (AvgIpc) is 3.29. The summed E-state index contributed by atoms with van der Waals surface area (Å²) in [4.78, 5) is 27.7. The smallest absolute Gasteiger partial charge is 0.257 e. The van der Waals surface area contributed by atoms with Gasteiger partial charge >= 0.3 is 0 Å². The van der Waals surface area contributed by atoms with Crippen molar-refractivity contribution in [1.82, 2.24) is 14.7 Å². The molecule has 1 amide bonds. The van der Waals surface area contributed by atoms with Gasteiger partial charge in [0.25, 0.3) is 5.91 Å². The molecule has 1 fully saturated rings. The standard InChI is InChI=1S/C25H26FN3O2/c1-17(2)29-16-21(14-27-29)25(31)28-12-6-9-20(15-28)24(30)19-10-11-22(23(26)13-19)18-7-4-3-5-8-18/h3-5,7-8,10-11,13-14,16-17,20H,6,9,12,15H2,1-2H3/t20-/m0/s1. The van der Waals surface area contributed by atoms with Gasteiger partial charge in [-0.15, -0.1) is 0 Å². The zero-order valence-corrected chi connectivity index (χ0v) is 17.8. The van der Waals surface area contributed by atoms with E-state index in [1.165, 1.54) is 6.07 Å². The van der Waals surface area contributed by atoms with Crippen molar-refractivity contribution in [2.45, 2.75) is 32.7 Å². The van der Waals surface area contributed by atoms with Crippen LogP contribution in [0.25, 0.3) is 11.1 Å². The molecular formula is C25H26FN3O2. The van der Waals surface area contributed by atoms with Crippen molar-refractivity contribution in [3.05, 3.63) is 77.9 Å². The minimum Gasteiger partial charge on any atom is -0.338 e. The molecule has 1 aliphatic rings. The van der Waals surface area contributed by atoms with Crippen LogP contribution < -0.4 is 0 Å². The molecule has 5 nitrogen and oxygen atoms in total. The summed E-state index contributed by atoms with van der Waals surface area (Å²) >= 11 is 0. The maximum absolute atomic E-state index is 14.7. The molecule has 1 aliphatic heterocycles.